The van der Waals surface area contributed by atoms with E-state index in [-0.39, 0.29) is 24.6 Å². The van der Waals surface area contributed by atoms with E-state index in [1.54, 1.807) is 0 Å². The van der Waals surface area contributed by atoms with Gasteiger partial charge in [-0.2, -0.15) is 0 Å². The first-order chi connectivity index (χ1) is 13.7. The molecular formula is C24H29N3O. The molecule has 0 aliphatic carbocycles. The van der Waals surface area contributed by atoms with Crippen molar-refractivity contribution in [3.05, 3.63) is 76.9 Å². The summed E-state index contributed by atoms with van der Waals surface area (Å²) in [5, 5.41) is 16.7. The van der Waals surface area contributed by atoms with E-state index in [4.69, 9.17) is 4.99 Å². The monoisotopic (exact) mass is 375 g/mol. The molecule has 146 valence electrons. The Morgan fingerprint density at radius 1 is 1.07 bits per heavy atom. The van der Waals surface area contributed by atoms with Crippen LogP contribution in [-0.4, -0.2) is 42.7 Å². The largest absolute Gasteiger partial charge is 0.396 e. The number of nitrogens with one attached hydrogen (secondary N) is 2. The van der Waals surface area contributed by atoms with Crippen molar-refractivity contribution in [1.82, 2.24) is 10.6 Å². The highest BCUT2D eigenvalue weighted by Crippen LogP contribution is 2.31. The fourth-order valence-corrected chi connectivity index (χ4v) is 4.06. The third kappa shape index (κ3) is 3.75. The van der Waals surface area contributed by atoms with E-state index < -0.39 is 0 Å². The van der Waals surface area contributed by atoms with Crippen LogP contribution in [0.15, 0.2) is 59.6 Å². The average molecular weight is 376 g/mol. The van der Waals surface area contributed by atoms with Gasteiger partial charge in [-0.1, -0.05) is 67.1 Å². The Kier molecular flexibility index (Phi) is 5.60. The van der Waals surface area contributed by atoms with E-state index >= 15 is 0 Å². The first-order valence-electron chi connectivity index (χ1n) is 10.2. The molecule has 3 N–H and O–H groups in total. The van der Waals surface area contributed by atoms with E-state index in [1.807, 2.05) is 0 Å². The Labute approximate surface area is 167 Å². The Hall–Kier alpha value is -2.43. The second kappa shape index (κ2) is 8.29. The van der Waals surface area contributed by atoms with Crippen LogP contribution in [0.3, 0.4) is 0 Å². The third-order valence-corrected chi connectivity index (χ3v) is 5.80. The summed E-state index contributed by atoms with van der Waals surface area (Å²) in [5.41, 5.74) is 6.07. The molecule has 3 atom stereocenters. The van der Waals surface area contributed by atoms with Crippen LogP contribution in [0.1, 0.15) is 35.6 Å². The van der Waals surface area contributed by atoms with Gasteiger partial charge in [0, 0.05) is 37.2 Å². The first-order valence-corrected chi connectivity index (χ1v) is 10.2. The molecule has 4 rings (SSSR count). The molecule has 2 aliphatic rings. The van der Waals surface area contributed by atoms with E-state index in [1.165, 1.54) is 22.3 Å². The molecule has 2 aromatic rings. The second-order valence-electron chi connectivity index (χ2n) is 7.80. The lowest BCUT2D eigenvalue weighted by Crippen LogP contribution is -2.42. The maximum absolute atomic E-state index is 9.70. The number of hydrogen-bond acceptors (Lipinski definition) is 4. The number of aliphatic hydroxyl groups is 1. The molecule has 0 saturated carbocycles. The normalized spacial score (nSPS) is 24.2. The van der Waals surface area contributed by atoms with Crippen molar-refractivity contribution in [3.8, 4) is 0 Å². The number of rotatable bonds is 4. The Balaban J connectivity index is 1.76. The van der Waals surface area contributed by atoms with Gasteiger partial charge in [-0.15, -0.1) is 0 Å². The Morgan fingerprint density at radius 2 is 1.82 bits per heavy atom. The zero-order chi connectivity index (χ0) is 19.5. The van der Waals surface area contributed by atoms with Gasteiger partial charge in [0.15, 0.2) is 0 Å². The van der Waals surface area contributed by atoms with Crippen LogP contribution in [0.2, 0.25) is 0 Å². The minimum Gasteiger partial charge on any atom is -0.396 e. The van der Waals surface area contributed by atoms with E-state index in [0.29, 0.717) is 0 Å². The van der Waals surface area contributed by atoms with Crippen molar-refractivity contribution in [2.75, 3.05) is 19.7 Å². The van der Waals surface area contributed by atoms with Gasteiger partial charge in [0.25, 0.3) is 0 Å². The van der Waals surface area contributed by atoms with Crippen molar-refractivity contribution >= 4 is 11.4 Å². The number of aliphatic hydroxyl groups excluding tert-OH is 1. The van der Waals surface area contributed by atoms with Crippen LogP contribution >= 0.6 is 0 Å². The molecular weight excluding hydrogens is 346 g/mol. The van der Waals surface area contributed by atoms with Crippen LogP contribution in [0, 0.1) is 12.8 Å². The fraction of sp³-hybridized carbons (Fsp3) is 0.375. The standard InChI is InChI=1S/C24H29N3O/c1-3-19-12-22(17-10-8-16(2)9-11-17)20-6-4-5-7-21(20)24(26-19)27-23-14-25-13-18(23)15-28/h4-12,18-19,23,25,28H,3,13-15H2,1-2H3,(H,26,27)/t18-,19?,23+/m0/s1. The van der Waals surface area contributed by atoms with Gasteiger partial charge < -0.3 is 15.7 Å². The molecule has 2 aliphatic heterocycles. The van der Waals surface area contributed by atoms with Crippen molar-refractivity contribution in [1.29, 1.82) is 0 Å². The number of fused-ring (bicyclic) bond motifs is 1. The molecule has 0 spiro atoms. The zero-order valence-electron chi connectivity index (χ0n) is 16.7. The molecule has 1 fully saturated rings. The van der Waals surface area contributed by atoms with Gasteiger partial charge in [0.1, 0.15) is 5.84 Å². The van der Waals surface area contributed by atoms with Crippen molar-refractivity contribution < 1.29 is 5.11 Å². The minimum absolute atomic E-state index is 0.119. The summed E-state index contributed by atoms with van der Waals surface area (Å²) in [6.45, 7) is 6.17. The summed E-state index contributed by atoms with van der Waals surface area (Å²) in [5.74, 6) is 1.15. The predicted octanol–water partition coefficient (Wildman–Crippen LogP) is 3.14. The Bertz CT molecular complexity index is 885. The summed E-state index contributed by atoms with van der Waals surface area (Å²) >= 11 is 0. The van der Waals surface area contributed by atoms with Crippen LogP contribution < -0.4 is 10.6 Å². The quantitative estimate of drug-likeness (QED) is 0.770. The molecule has 1 unspecified atom stereocenters. The van der Waals surface area contributed by atoms with Crippen molar-refractivity contribution in [2.45, 2.75) is 32.4 Å². The third-order valence-electron chi connectivity index (χ3n) is 5.80. The molecule has 2 heterocycles. The smallest absolute Gasteiger partial charge is 0.129 e. The van der Waals surface area contributed by atoms with E-state index in [0.717, 1.165) is 30.9 Å². The summed E-state index contributed by atoms with van der Waals surface area (Å²) in [4.78, 5) is 5.08. The molecule has 4 nitrogen and oxygen atoms in total. The van der Waals surface area contributed by atoms with E-state index in [2.05, 4.69) is 79.1 Å². The lowest BCUT2D eigenvalue weighted by atomic mass is 9.92. The first kappa shape index (κ1) is 18.9. The molecule has 2 aromatic carbocycles. The number of nitrogens with zero attached hydrogens (tertiary/aromatic N) is 1. The van der Waals surface area contributed by atoms with E-state index in [9.17, 15) is 5.11 Å². The molecule has 4 heteroatoms. The molecule has 0 aromatic heterocycles. The van der Waals surface area contributed by atoms with Crippen LogP contribution in [0.4, 0.5) is 0 Å². The average Bonchev–Trinajstić information content (AvgIpc) is 3.11. The highest BCUT2D eigenvalue weighted by molar-refractivity contribution is 6.05. The van der Waals surface area contributed by atoms with Gasteiger partial charge in [-0.05, 0) is 30.0 Å². The molecule has 0 amide bonds. The highest BCUT2D eigenvalue weighted by Gasteiger charge is 2.29. The number of amidine groups is 1. The maximum atomic E-state index is 9.70. The van der Waals surface area contributed by atoms with Gasteiger partial charge in [0.05, 0.1) is 6.04 Å². The number of benzene rings is 2. The van der Waals surface area contributed by atoms with Crippen LogP contribution in [0.5, 0.6) is 0 Å². The molecule has 1 saturated heterocycles. The number of hydrogen-bond donors (Lipinski definition) is 3. The summed E-state index contributed by atoms with van der Waals surface area (Å²) < 4.78 is 0. The number of aliphatic imine (C=N–C) groups is 1. The van der Waals surface area contributed by atoms with Gasteiger partial charge in [-0.3, -0.25) is 4.99 Å². The summed E-state index contributed by atoms with van der Waals surface area (Å²) in [7, 11) is 0. The lowest BCUT2D eigenvalue weighted by Gasteiger charge is -2.22. The maximum Gasteiger partial charge on any atom is 0.129 e. The fourth-order valence-electron chi connectivity index (χ4n) is 4.06. The predicted molar refractivity (Wildman–Crippen MR) is 116 cm³/mol. The molecule has 28 heavy (non-hydrogen) atoms. The highest BCUT2D eigenvalue weighted by atomic mass is 16.3. The SMILES string of the molecule is CCC1C=C(c2ccc(C)cc2)c2ccccc2C(N[C@@H]2CNC[C@H]2CO)=N1. The van der Waals surface area contributed by atoms with Crippen LogP contribution in [0.25, 0.3) is 5.57 Å². The number of aryl methyl sites for hydroxylation is 1. The second-order valence-corrected chi connectivity index (χ2v) is 7.80. The van der Waals surface area contributed by atoms with Gasteiger partial charge in [0.2, 0.25) is 0 Å². The van der Waals surface area contributed by atoms with Crippen LogP contribution in [-0.2, 0) is 0 Å². The lowest BCUT2D eigenvalue weighted by molar-refractivity contribution is 0.222. The van der Waals surface area contributed by atoms with Gasteiger partial charge in [-0.25, -0.2) is 0 Å². The Morgan fingerprint density at radius 3 is 2.54 bits per heavy atom. The van der Waals surface area contributed by atoms with Crippen molar-refractivity contribution in [2.24, 2.45) is 10.9 Å². The van der Waals surface area contributed by atoms with Crippen molar-refractivity contribution in [3.63, 3.8) is 0 Å². The zero-order valence-corrected chi connectivity index (χ0v) is 16.7. The topological polar surface area (TPSA) is 56.6 Å². The summed E-state index contributed by atoms with van der Waals surface area (Å²) in [6, 6.07) is 17.6. The molecule has 0 radical (unpaired) electrons. The molecule has 0 bridgehead atoms. The summed E-state index contributed by atoms with van der Waals surface area (Å²) in [6.07, 6.45) is 3.25. The van der Waals surface area contributed by atoms with Gasteiger partial charge >= 0.3 is 0 Å². The minimum atomic E-state index is 0.119.